The van der Waals surface area contributed by atoms with Crippen molar-refractivity contribution in [3.63, 3.8) is 0 Å². The van der Waals surface area contributed by atoms with Crippen molar-refractivity contribution in [3.05, 3.63) is 0 Å². The summed E-state index contributed by atoms with van der Waals surface area (Å²) in [5.41, 5.74) is 0. The van der Waals surface area contributed by atoms with Gasteiger partial charge in [0.15, 0.2) is 0 Å². The average Bonchev–Trinajstić information content (AvgIpc) is 3.02. The van der Waals surface area contributed by atoms with Crippen molar-refractivity contribution in [2.45, 2.75) is 61.3 Å². The minimum absolute atomic E-state index is 0. The summed E-state index contributed by atoms with van der Waals surface area (Å²) in [6.45, 7) is 8.16. The first-order valence-electron chi connectivity index (χ1n) is 8.61. The third-order valence-corrected chi connectivity index (χ3v) is 3.64. The van der Waals surface area contributed by atoms with E-state index in [9.17, 15) is 28.8 Å². The molecule has 2 fully saturated rings. The summed E-state index contributed by atoms with van der Waals surface area (Å²) in [6, 6.07) is 0. The molecule has 2 aliphatic rings. The summed E-state index contributed by atoms with van der Waals surface area (Å²) in [4.78, 5) is 75.8. The number of nitrogens with zero attached hydrogens (tertiary/aromatic N) is 2. The summed E-state index contributed by atoms with van der Waals surface area (Å²) < 4.78 is 0. The molecule has 2 saturated heterocycles. The fraction of sp³-hybridized carbons (Fsp3) is 0.667. The third kappa shape index (κ3) is 6.43. The van der Waals surface area contributed by atoms with Crippen LogP contribution in [-0.4, -0.2) is 45.7 Å². The molecule has 2 aliphatic heterocycles. The quantitative estimate of drug-likeness (QED) is 0.648. The van der Waals surface area contributed by atoms with Crippen molar-refractivity contribution in [2.24, 2.45) is 17.8 Å². The van der Waals surface area contributed by atoms with Gasteiger partial charge in [0.1, 0.15) is 0 Å². The van der Waals surface area contributed by atoms with Crippen LogP contribution >= 0.6 is 0 Å². The molecule has 0 radical (unpaired) electrons. The summed E-state index contributed by atoms with van der Waals surface area (Å²) in [5.74, 6) is -4.00. The van der Waals surface area contributed by atoms with Crippen molar-refractivity contribution in [2.75, 3.05) is 0 Å². The van der Waals surface area contributed by atoms with Gasteiger partial charge in [-0.15, -0.1) is 10.1 Å². The zero-order valence-corrected chi connectivity index (χ0v) is 16.0. The molecule has 0 N–H and O–H groups in total. The Bertz CT molecular complexity index is 640. The zero-order chi connectivity index (χ0) is 20.9. The predicted molar refractivity (Wildman–Crippen MR) is 95.3 cm³/mol. The lowest BCUT2D eigenvalue weighted by atomic mass is 10.1. The smallest absolute Gasteiger partial charge is 0.330 e. The van der Waals surface area contributed by atoms with Gasteiger partial charge >= 0.3 is 11.9 Å². The number of hydrogen-bond acceptors (Lipinski definition) is 8. The Hall–Kier alpha value is -2.78. The molecule has 10 heteroatoms. The van der Waals surface area contributed by atoms with E-state index in [1.54, 1.807) is 34.6 Å². The van der Waals surface area contributed by atoms with E-state index < -0.39 is 35.6 Å². The maximum absolute atomic E-state index is 11.3. The van der Waals surface area contributed by atoms with Crippen LogP contribution in [0, 0.1) is 17.8 Å². The first kappa shape index (κ1) is 25.2. The molecule has 1 atom stereocenters. The van der Waals surface area contributed by atoms with E-state index in [2.05, 4.69) is 9.68 Å². The van der Waals surface area contributed by atoms with E-state index in [-0.39, 0.29) is 44.4 Å². The standard InChI is InChI=1S/C9H13NO4.C8H11NO4.CH4/c1-5(2)9(13)14-10-7(11)4-6(3)8(10)12;1-5(2)8(12)13-9-6(10)3-4-7(9)11;/h5-6H,4H2,1-3H3;5H,3-4H2,1-2H3;1H4. The van der Waals surface area contributed by atoms with Crippen LogP contribution in [0.3, 0.4) is 0 Å². The Kier molecular flexibility index (Phi) is 9.48. The maximum Gasteiger partial charge on any atom is 0.335 e. The van der Waals surface area contributed by atoms with Gasteiger partial charge in [0.25, 0.3) is 23.6 Å². The number of hydroxylamine groups is 4. The van der Waals surface area contributed by atoms with Crippen molar-refractivity contribution in [1.82, 2.24) is 10.1 Å². The molecule has 0 spiro atoms. The topological polar surface area (TPSA) is 127 Å². The van der Waals surface area contributed by atoms with E-state index in [4.69, 9.17) is 0 Å². The highest BCUT2D eigenvalue weighted by molar-refractivity contribution is 6.03. The molecular weight excluding hydrogens is 372 g/mol. The van der Waals surface area contributed by atoms with Gasteiger partial charge in [-0.3, -0.25) is 19.2 Å². The van der Waals surface area contributed by atoms with Crippen LogP contribution in [0.5, 0.6) is 0 Å². The summed E-state index contributed by atoms with van der Waals surface area (Å²) >= 11 is 0. The lowest BCUT2D eigenvalue weighted by Crippen LogP contribution is -2.34. The van der Waals surface area contributed by atoms with E-state index >= 15 is 0 Å². The predicted octanol–water partition coefficient (Wildman–Crippen LogP) is 1.38. The molecule has 0 aromatic carbocycles. The first-order valence-corrected chi connectivity index (χ1v) is 8.61. The van der Waals surface area contributed by atoms with Gasteiger partial charge in [-0.25, -0.2) is 9.59 Å². The SMILES string of the molecule is C.CC(C)C(=O)ON1C(=O)CC(C)C1=O.CC(C)C(=O)ON1C(=O)CCC1=O. The number of carbonyl (C=O) groups is 6. The van der Waals surface area contributed by atoms with E-state index in [0.29, 0.717) is 10.1 Å². The van der Waals surface area contributed by atoms with Crippen LogP contribution in [-0.2, 0) is 38.4 Å². The minimum atomic E-state index is -0.569. The highest BCUT2D eigenvalue weighted by Crippen LogP contribution is 2.19. The zero-order valence-electron chi connectivity index (χ0n) is 16.0. The molecular formula is C18H28N2O8. The van der Waals surface area contributed by atoms with Crippen molar-refractivity contribution in [1.29, 1.82) is 0 Å². The Morgan fingerprint density at radius 3 is 1.54 bits per heavy atom. The molecule has 1 unspecified atom stereocenters. The number of amides is 4. The average molecular weight is 400 g/mol. The van der Waals surface area contributed by atoms with Gasteiger partial charge in [0.05, 0.1) is 11.8 Å². The van der Waals surface area contributed by atoms with E-state index in [1.165, 1.54) is 0 Å². The molecule has 10 nitrogen and oxygen atoms in total. The molecule has 28 heavy (non-hydrogen) atoms. The van der Waals surface area contributed by atoms with Crippen molar-refractivity contribution >= 4 is 35.6 Å². The van der Waals surface area contributed by atoms with Gasteiger partial charge < -0.3 is 9.68 Å². The van der Waals surface area contributed by atoms with Crippen molar-refractivity contribution in [3.8, 4) is 0 Å². The molecule has 0 aromatic heterocycles. The Morgan fingerprint density at radius 1 is 0.821 bits per heavy atom. The van der Waals surface area contributed by atoms with Crippen LogP contribution in [0.4, 0.5) is 0 Å². The largest absolute Gasteiger partial charge is 0.335 e. The molecule has 2 heterocycles. The van der Waals surface area contributed by atoms with Gasteiger partial charge in [-0.1, -0.05) is 42.0 Å². The van der Waals surface area contributed by atoms with Crippen LogP contribution < -0.4 is 0 Å². The summed E-state index contributed by atoms with van der Waals surface area (Å²) in [7, 11) is 0. The lowest BCUT2D eigenvalue weighted by molar-refractivity contribution is -0.200. The van der Waals surface area contributed by atoms with Gasteiger partial charge in [-0.05, 0) is 0 Å². The van der Waals surface area contributed by atoms with Crippen molar-refractivity contribution < 1.29 is 38.4 Å². The van der Waals surface area contributed by atoms with Crippen LogP contribution in [0.25, 0.3) is 0 Å². The summed E-state index contributed by atoms with van der Waals surface area (Å²) in [6.07, 6.45) is 0.374. The Labute approximate surface area is 164 Å². The van der Waals surface area contributed by atoms with Gasteiger partial charge in [0.2, 0.25) is 0 Å². The van der Waals surface area contributed by atoms with E-state index in [1.807, 2.05) is 0 Å². The Balaban J connectivity index is 0.000000504. The number of imide groups is 2. The van der Waals surface area contributed by atoms with Gasteiger partial charge in [0, 0.05) is 25.2 Å². The molecule has 0 aliphatic carbocycles. The number of hydrogen-bond donors (Lipinski definition) is 0. The fourth-order valence-corrected chi connectivity index (χ4v) is 1.90. The van der Waals surface area contributed by atoms with Crippen LogP contribution in [0.2, 0.25) is 0 Å². The van der Waals surface area contributed by atoms with E-state index in [0.717, 1.165) is 0 Å². The molecule has 4 amide bonds. The van der Waals surface area contributed by atoms with Crippen LogP contribution in [0.15, 0.2) is 0 Å². The van der Waals surface area contributed by atoms with Crippen LogP contribution in [0.1, 0.15) is 61.3 Å². The number of rotatable bonds is 4. The second kappa shape index (κ2) is 10.5. The van der Waals surface area contributed by atoms with Gasteiger partial charge in [-0.2, -0.15) is 0 Å². The molecule has 0 bridgehead atoms. The molecule has 0 aromatic rings. The monoisotopic (exact) mass is 400 g/mol. The first-order chi connectivity index (χ1) is 12.5. The summed E-state index contributed by atoms with van der Waals surface area (Å²) in [5, 5.41) is 1.13. The molecule has 0 saturated carbocycles. The fourth-order valence-electron chi connectivity index (χ4n) is 1.90. The normalized spacial score (nSPS) is 18.9. The minimum Gasteiger partial charge on any atom is -0.330 e. The lowest BCUT2D eigenvalue weighted by Gasteiger charge is -2.14. The highest BCUT2D eigenvalue weighted by Gasteiger charge is 2.39. The molecule has 2 rings (SSSR count). The second-order valence-electron chi connectivity index (χ2n) is 6.84. The highest BCUT2D eigenvalue weighted by atomic mass is 16.7. The second-order valence-corrected chi connectivity index (χ2v) is 6.84. The molecule has 158 valence electrons. The maximum atomic E-state index is 11.3. The number of carbonyl (C=O) groups excluding carboxylic acids is 6. The Morgan fingerprint density at radius 2 is 1.21 bits per heavy atom. The third-order valence-electron chi connectivity index (χ3n) is 3.64.